The number of nitrogens with zero attached hydrogens (tertiary/aromatic N) is 3. The number of piperazine rings is 1. The lowest BCUT2D eigenvalue weighted by atomic mass is 10.1. The molecule has 2 aromatic rings. The summed E-state index contributed by atoms with van der Waals surface area (Å²) in [7, 11) is 0. The molecular formula is C20H22N4O3. The fourth-order valence-electron chi connectivity index (χ4n) is 3.64. The monoisotopic (exact) mass is 366 g/mol. The highest BCUT2D eigenvalue weighted by molar-refractivity contribution is 5.75. The van der Waals surface area contributed by atoms with Crippen molar-refractivity contribution in [2.24, 2.45) is 0 Å². The van der Waals surface area contributed by atoms with Crippen LogP contribution in [0.3, 0.4) is 0 Å². The summed E-state index contributed by atoms with van der Waals surface area (Å²) in [4.78, 5) is 27.0. The van der Waals surface area contributed by atoms with Gasteiger partial charge in [-0.3, -0.25) is 10.1 Å². The minimum Gasteiger partial charge on any atom is -0.368 e. The molecule has 140 valence electrons. The lowest BCUT2D eigenvalue weighted by molar-refractivity contribution is -0.384. The van der Waals surface area contributed by atoms with Crippen LogP contribution in [-0.4, -0.2) is 48.1 Å². The van der Waals surface area contributed by atoms with Crippen LogP contribution in [0.1, 0.15) is 17.9 Å². The van der Waals surface area contributed by atoms with Crippen molar-refractivity contribution in [2.45, 2.75) is 18.4 Å². The van der Waals surface area contributed by atoms with Gasteiger partial charge in [0.2, 0.25) is 0 Å². The number of nitrogens with one attached hydrogen (secondary N) is 1. The molecule has 2 atom stereocenters. The summed E-state index contributed by atoms with van der Waals surface area (Å²) in [5, 5.41) is 14.1. The van der Waals surface area contributed by atoms with Gasteiger partial charge in [-0.25, -0.2) is 4.79 Å². The molecule has 2 aliphatic rings. The molecule has 2 fully saturated rings. The van der Waals surface area contributed by atoms with Gasteiger partial charge in [-0.2, -0.15) is 0 Å². The number of hydrogen-bond acceptors (Lipinski definition) is 4. The van der Waals surface area contributed by atoms with Crippen LogP contribution in [0.5, 0.6) is 0 Å². The van der Waals surface area contributed by atoms with Crippen molar-refractivity contribution in [1.82, 2.24) is 10.2 Å². The fourth-order valence-corrected chi connectivity index (χ4v) is 3.64. The Morgan fingerprint density at radius 1 is 1.04 bits per heavy atom. The van der Waals surface area contributed by atoms with Gasteiger partial charge in [0.05, 0.1) is 4.92 Å². The number of nitro benzene ring substituents is 1. The normalized spacial score (nSPS) is 21.6. The topological polar surface area (TPSA) is 78.7 Å². The van der Waals surface area contributed by atoms with E-state index in [9.17, 15) is 14.9 Å². The first-order valence-electron chi connectivity index (χ1n) is 9.21. The molecule has 1 saturated heterocycles. The van der Waals surface area contributed by atoms with Crippen molar-refractivity contribution in [3.63, 3.8) is 0 Å². The van der Waals surface area contributed by atoms with E-state index in [1.54, 1.807) is 12.1 Å². The smallest absolute Gasteiger partial charge is 0.317 e. The maximum Gasteiger partial charge on any atom is 0.317 e. The SMILES string of the molecule is O=C(NC1CC1c1ccccc1)N1CCN(c2cccc([N+](=O)[O-])c2)CC1. The Kier molecular flexibility index (Phi) is 4.66. The number of non-ortho nitro benzene ring substituents is 1. The zero-order valence-corrected chi connectivity index (χ0v) is 15.0. The standard InChI is InChI=1S/C20H22N4O3/c25-20(21-19-14-18(19)15-5-2-1-3-6-15)23-11-9-22(10-12-23)16-7-4-8-17(13-16)24(26)27/h1-8,13,18-19H,9-12,14H2,(H,21,25). The molecular weight excluding hydrogens is 344 g/mol. The van der Waals surface area contributed by atoms with E-state index < -0.39 is 0 Å². The number of anilines is 1. The van der Waals surface area contributed by atoms with Crippen molar-refractivity contribution < 1.29 is 9.72 Å². The van der Waals surface area contributed by atoms with Gasteiger partial charge in [0.25, 0.3) is 5.69 Å². The maximum atomic E-state index is 12.5. The Morgan fingerprint density at radius 2 is 1.78 bits per heavy atom. The van der Waals surface area contributed by atoms with Crippen molar-refractivity contribution in [3.8, 4) is 0 Å². The fraction of sp³-hybridized carbons (Fsp3) is 0.350. The van der Waals surface area contributed by atoms with E-state index in [1.807, 2.05) is 29.2 Å². The maximum absolute atomic E-state index is 12.5. The largest absolute Gasteiger partial charge is 0.368 e. The summed E-state index contributed by atoms with van der Waals surface area (Å²) in [6.45, 7) is 2.55. The molecule has 2 amide bonds. The van der Waals surface area contributed by atoms with Crippen molar-refractivity contribution in [3.05, 3.63) is 70.3 Å². The molecule has 0 radical (unpaired) electrons. The Labute approximate surface area is 157 Å². The van der Waals surface area contributed by atoms with Crippen LogP contribution in [0.15, 0.2) is 54.6 Å². The Bertz CT molecular complexity index is 834. The molecule has 1 saturated carbocycles. The first-order valence-corrected chi connectivity index (χ1v) is 9.21. The number of carbonyl (C=O) groups is 1. The van der Waals surface area contributed by atoms with E-state index in [0.717, 1.165) is 12.1 Å². The zero-order valence-electron chi connectivity index (χ0n) is 15.0. The lowest BCUT2D eigenvalue weighted by Gasteiger charge is -2.36. The first kappa shape index (κ1) is 17.3. The highest BCUT2D eigenvalue weighted by Crippen LogP contribution is 2.40. The summed E-state index contributed by atoms with van der Waals surface area (Å²) in [5.41, 5.74) is 2.20. The van der Waals surface area contributed by atoms with Crippen molar-refractivity contribution in [2.75, 3.05) is 31.1 Å². The highest BCUT2D eigenvalue weighted by atomic mass is 16.6. The number of nitro groups is 1. The third kappa shape index (κ3) is 3.86. The van der Waals surface area contributed by atoms with Crippen LogP contribution in [0.2, 0.25) is 0 Å². The Balaban J connectivity index is 1.29. The minimum atomic E-state index is -0.383. The van der Waals surface area contributed by atoms with Crippen LogP contribution in [0.25, 0.3) is 0 Å². The molecule has 0 spiro atoms. The van der Waals surface area contributed by atoms with E-state index in [0.29, 0.717) is 32.1 Å². The first-order chi connectivity index (χ1) is 13.1. The molecule has 7 heteroatoms. The molecule has 0 bridgehead atoms. The second kappa shape index (κ2) is 7.26. The van der Waals surface area contributed by atoms with Gasteiger partial charge in [0, 0.05) is 56.0 Å². The predicted octanol–water partition coefficient (Wildman–Crippen LogP) is 2.98. The van der Waals surface area contributed by atoms with Crippen molar-refractivity contribution in [1.29, 1.82) is 0 Å². The van der Waals surface area contributed by atoms with Gasteiger partial charge in [-0.05, 0) is 18.1 Å². The van der Waals surface area contributed by atoms with Crippen LogP contribution in [-0.2, 0) is 0 Å². The average Bonchev–Trinajstić information content (AvgIpc) is 3.48. The van der Waals surface area contributed by atoms with E-state index in [-0.39, 0.29) is 22.7 Å². The lowest BCUT2D eigenvalue weighted by Crippen LogP contribution is -2.52. The molecule has 1 aliphatic heterocycles. The molecule has 27 heavy (non-hydrogen) atoms. The number of carbonyl (C=O) groups excluding carboxylic acids is 1. The average molecular weight is 366 g/mol. The molecule has 1 N–H and O–H groups in total. The molecule has 0 aromatic heterocycles. The number of urea groups is 1. The zero-order chi connectivity index (χ0) is 18.8. The molecule has 1 aliphatic carbocycles. The van der Waals surface area contributed by atoms with Crippen LogP contribution in [0.4, 0.5) is 16.2 Å². The third-order valence-electron chi connectivity index (χ3n) is 5.30. The van der Waals surface area contributed by atoms with Gasteiger partial charge < -0.3 is 15.1 Å². The molecule has 1 heterocycles. The number of hydrogen-bond donors (Lipinski definition) is 1. The predicted molar refractivity (Wildman–Crippen MR) is 103 cm³/mol. The summed E-state index contributed by atoms with van der Waals surface area (Å²) in [6.07, 6.45) is 0.989. The second-order valence-corrected chi connectivity index (χ2v) is 7.06. The molecule has 4 rings (SSSR count). The Morgan fingerprint density at radius 3 is 2.48 bits per heavy atom. The van der Waals surface area contributed by atoms with Gasteiger partial charge in [0.15, 0.2) is 0 Å². The van der Waals surface area contributed by atoms with Gasteiger partial charge >= 0.3 is 6.03 Å². The minimum absolute atomic E-state index is 0.0166. The molecule has 2 unspecified atom stereocenters. The van der Waals surface area contributed by atoms with Crippen molar-refractivity contribution >= 4 is 17.4 Å². The summed E-state index contributed by atoms with van der Waals surface area (Å²) >= 11 is 0. The molecule has 7 nitrogen and oxygen atoms in total. The van der Waals surface area contributed by atoms with Crippen LogP contribution < -0.4 is 10.2 Å². The van der Waals surface area contributed by atoms with E-state index >= 15 is 0 Å². The van der Waals surface area contributed by atoms with Gasteiger partial charge in [-0.1, -0.05) is 36.4 Å². The van der Waals surface area contributed by atoms with E-state index in [4.69, 9.17) is 0 Å². The summed E-state index contributed by atoms with van der Waals surface area (Å²) in [5.74, 6) is 0.418. The number of amides is 2. The van der Waals surface area contributed by atoms with Gasteiger partial charge in [-0.15, -0.1) is 0 Å². The quantitative estimate of drug-likeness (QED) is 0.666. The second-order valence-electron chi connectivity index (χ2n) is 7.06. The summed E-state index contributed by atoms with van der Waals surface area (Å²) < 4.78 is 0. The highest BCUT2D eigenvalue weighted by Gasteiger charge is 2.40. The third-order valence-corrected chi connectivity index (χ3v) is 5.30. The Hall–Kier alpha value is -3.09. The van der Waals surface area contributed by atoms with Crippen LogP contribution >= 0.6 is 0 Å². The number of benzene rings is 2. The van der Waals surface area contributed by atoms with E-state index in [2.05, 4.69) is 22.3 Å². The number of rotatable bonds is 4. The molecule has 2 aromatic carbocycles. The summed E-state index contributed by atoms with van der Waals surface area (Å²) in [6, 6.07) is 17.1. The van der Waals surface area contributed by atoms with E-state index in [1.165, 1.54) is 11.6 Å². The van der Waals surface area contributed by atoms with Gasteiger partial charge in [0.1, 0.15) is 0 Å². The van der Waals surface area contributed by atoms with Crippen LogP contribution in [0, 0.1) is 10.1 Å².